The Hall–Kier alpha value is -2.14. The molecule has 1 fully saturated rings. The maximum Gasteiger partial charge on any atom is 0.290 e. The fourth-order valence-corrected chi connectivity index (χ4v) is 2.44. The van der Waals surface area contributed by atoms with Crippen LogP contribution in [0.4, 0.5) is 4.39 Å². The van der Waals surface area contributed by atoms with Crippen LogP contribution in [-0.2, 0) is 17.9 Å². The van der Waals surface area contributed by atoms with Gasteiger partial charge in [-0.2, -0.15) is 0 Å². The summed E-state index contributed by atoms with van der Waals surface area (Å²) in [6.07, 6.45) is 1.96. The zero-order valence-electron chi connectivity index (χ0n) is 12.4. The SMILES string of the molecule is COCc1ccc(C(=O)N(Cc2cccc(F)c2)C2CC2)o1. The average molecular weight is 303 g/mol. The monoisotopic (exact) mass is 303 g/mol. The van der Waals surface area contributed by atoms with Crippen molar-refractivity contribution in [2.24, 2.45) is 0 Å². The highest BCUT2D eigenvalue weighted by Crippen LogP contribution is 2.30. The predicted molar refractivity (Wildman–Crippen MR) is 78.7 cm³/mol. The van der Waals surface area contributed by atoms with Gasteiger partial charge >= 0.3 is 0 Å². The number of ether oxygens (including phenoxy) is 1. The summed E-state index contributed by atoms with van der Waals surface area (Å²) < 4.78 is 23.8. The minimum Gasteiger partial charge on any atom is -0.453 e. The minimum atomic E-state index is -0.291. The van der Waals surface area contributed by atoms with Gasteiger partial charge in [-0.25, -0.2) is 4.39 Å². The van der Waals surface area contributed by atoms with Crippen molar-refractivity contribution in [3.8, 4) is 0 Å². The molecule has 1 heterocycles. The molecule has 0 N–H and O–H groups in total. The van der Waals surface area contributed by atoms with E-state index in [2.05, 4.69) is 0 Å². The normalized spacial score (nSPS) is 14.1. The van der Waals surface area contributed by atoms with Gasteiger partial charge in [0.2, 0.25) is 0 Å². The first kappa shape index (κ1) is 14.8. The lowest BCUT2D eigenvalue weighted by Gasteiger charge is -2.21. The molecular weight excluding hydrogens is 285 g/mol. The average Bonchev–Trinajstić information content (AvgIpc) is 3.24. The van der Waals surface area contributed by atoms with Gasteiger partial charge in [-0.05, 0) is 42.7 Å². The second kappa shape index (κ2) is 6.32. The van der Waals surface area contributed by atoms with E-state index in [1.54, 1.807) is 30.2 Å². The Bertz CT molecular complexity index is 663. The second-order valence-electron chi connectivity index (χ2n) is 5.49. The largest absolute Gasteiger partial charge is 0.453 e. The van der Waals surface area contributed by atoms with Gasteiger partial charge < -0.3 is 14.1 Å². The van der Waals surface area contributed by atoms with Crippen LogP contribution in [0.25, 0.3) is 0 Å². The number of furan rings is 1. The van der Waals surface area contributed by atoms with Crippen molar-refractivity contribution in [2.75, 3.05) is 7.11 Å². The zero-order chi connectivity index (χ0) is 15.5. The summed E-state index contributed by atoms with van der Waals surface area (Å²) in [5, 5.41) is 0. The molecule has 22 heavy (non-hydrogen) atoms. The highest BCUT2D eigenvalue weighted by molar-refractivity contribution is 5.92. The lowest BCUT2D eigenvalue weighted by molar-refractivity contribution is 0.0689. The summed E-state index contributed by atoms with van der Waals surface area (Å²) in [5.74, 6) is 0.470. The van der Waals surface area contributed by atoms with E-state index in [0.29, 0.717) is 24.7 Å². The topological polar surface area (TPSA) is 42.7 Å². The lowest BCUT2D eigenvalue weighted by Crippen LogP contribution is -2.32. The molecule has 1 amide bonds. The lowest BCUT2D eigenvalue weighted by atomic mass is 10.2. The predicted octanol–water partition coefficient (Wildman–Crippen LogP) is 3.37. The third kappa shape index (κ3) is 3.36. The number of nitrogens with zero attached hydrogens (tertiary/aromatic N) is 1. The summed E-state index contributed by atoms with van der Waals surface area (Å²) in [7, 11) is 1.57. The van der Waals surface area contributed by atoms with E-state index >= 15 is 0 Å². The number of rotatable bonds is 6. The van der Waals surface area contributed by atoms with Crippen molar-refractivity contribution in [3.63, 3.8) is 0 Å². The quantitative estimate of drug-likeness (QED) is 0.821. The van der Waals surface area contributed by atoms with Gasteiger partial charge in [-0.3, -0.25) is 4.79 Å². The smallest absolute Gasteiger partial charge is 0.290 e. The minimum absolute atomic E-state index is 0.158. The molecule has 1 aromatic carbocycles. The molecule has 1 aliphatic carbocycles. The van der Waals surface area contributed by atoms with Crippen molar-refractivity contribution >= 4 is 5.91 Å². The number of halogens is 1. The standard InChI is InChI=1S/C17H18FNO3/c1-21-11-15-7-8-16(22-15)17(20)19(14-5-6-14)10-12-3-2-4-13(18)9-12/h2-4,7-9,14H,5-6,10-11H2,1H3. The van der Waals surface area contributed by atoms with E-state index in [1.807, 2.05) is 6.07 Å². The van der Waals surface area contributed by atoms with Crippen molar-refractivity contribution in [3.05, 3.63) is 59.3 Å². The van der Waals surface area contributed by atoms with Crippen LogP contribution in [0, 0.1) is 5.82 Å². The number of hydrogen-bond acceptors (Lipinski definition) is 3. The number of carbonyl (C=O) groups excluding carboxylic acids is 1. The highest BCUT2D eigenvalue weighted by Gasteiger charge is 2.34. The number of hydrogen-bond donors (Lipinski definition) is 0. The molecular formula is C17H18FNO3. The molecule has 3 rings (SSSR count). The van der Waals surface area contributed by atoms with Crippen LogP contribution in [0.3, 0.4) is 0 Å². The summed E-state index contributed by atoms with van der Waals surface area (Å²) in [6.45, 7) is 0.724. The number of amides is 1. The molecule has 0 aliphatic heterocycles. The molecule has 5 heteroatoms. The molecule has 0 bridgehead atoms. The second-order valence-corrected chi connectivity index (χ2v) is 5.49. The number of benzene rings is 1. The van der Waals surface area contributed by atoms with E-state index in [4.69, 9.17) is 9.15 Å². The summed E-state index contributed by atoms with van der Waals surface area (Å²) in [6, 6.07) is 9.96. The maximum absolute atomic E-state index is 13.3. The maximum atomic E-state index is 13.3. The molecule has 1 aliphatic rings. The van der Waals surface area contributed by atoms with Gasteiger partial charge in [0.05, 0.1) is 0 Å². The van der Waals surface area contributed by atoms with E-state index in [9.17, 15) is 9.18 Å². The third-order valence-corrected chi connectivity index (χ3v) is 3.65. The third-order valence-electron chi connectivity index (χ3n) is 3.65. The number of methoxy groups -OCH3 is 1. The molecule has 1 saturated carbocycles. The Morgan fingerprint density at radius 2 is 2.18 bits per heavy atom. The van der Waals surface area contributed by atoms with Gasteiger partial charge in [0, 0.05) is 19.7 Å². The van der Waals surface area contributed by atoms with Crippen LogP contribution in [0.2, 0.25) is 0 Å². The van der Waals surface area contributed by atoms with E-state index in [1.165, 1.54) is 12.1 Å². The summed E-state index contributed by atoms with van der Waals surface area (Å²) >= 11 is 0. The fraction of sp³-hybridized carbons (Fsp3) is 0.353. The van der Waals surface area contributed by atoms with Crippen molar-refractivity contribution < 1.29 is 18.3 Å². The Morgan fingerprint density at radius 3 is 2.86 bits per heavy atom. The molecule has 0 saturated heterocycles. The van der Waals surface area contributed by atoms with Crippen LogP contribution in [0.15, 0.2) is 40.8 Å². The first-order valence-corrected chi connectivity index (χ1v) is 7.30. The zero-order valence-corrected chi connectivity index (χ0v) is 12.4. The molecule has 1 aromatic heterocycles. The Morgan fingerprint density at radius 1 is 1.36 bits per heavy atom. The van der Waals surface area contributed by atoms with Crippen molar-refractivity contribution in [1.29, 1.82) is 0 Å². The Labute approximate surface area is 128 Å². The van der Waals surface area contributed by atoms with Crippen LogP contribution in [0.5, 0.6) is 0 Å². The fourth-order valence-electron chi connectivity index (χ4n) is 2.44. The Kier molecular flexibility index (Phi) is 4.24. The van der Waals surface area contributed by atoms with Gasteiger partial charge in [0.15, 0.2) is 5.76 Å². The van der Waals surface area contributed by atoms with Crippen LogP contribution in [-0.4, -0.2) is 24.0 Å². The summed E-state index contributed by atoms with van der Waals surface area (Å²) in [4.78, 5) is 14.4. The first-order valence-electron chi connectivity index (χ1n) is 7.30. The first-order chi connectivity index (χ1) is 10.7. The van der Waals surface area contributed by atoms with Gasteiger partial charge in [0.25, 0.3) is 5.91 Å². The van der Waals surface area contributed by atoms with Crippen molar-refractivity contribution in [2.45, 2.75) is 32.0 Å². The van der Waals surface area contributed by atoms with Gasteiger partial charge in [-0.1, -0.05) is 12.1 Å². The van der Waals surface area contributed by atoms with Gasteiger partial charge in [-0.15, -0.1) is 0 Å². The van der Waals surface area contributed by atoms with Gasteiger partial charge in [0.1, 0.15) is 18.2 Å². The molecule has 0 spiro atoms. The molecule has 0 atom stereocenters. The van der Waals surface area contributed by atoms with E-state index < -0.39 is 0 Å². The highest BCUT2D eigenvalue weighted by atomic mass is 19.1. The Balaban J connectivity index is 1.76. The molecule has 116 valence electrons. The molecule has 0 radical (unpaired) electrons. The molecule has 4 nitrogen and oxygen atoms in total. The van der Waals surface area contributed by atoms with E-state index in [0.717, 1.165) is 18.4 Å². The molecule has 2 aromatic rings. The molecule has 0 unspecified atom stereocenters. The van der Waals surface area contributed by atoms with Crippen molar-refractivity contribution in [1.82, 2.24) is 4.90 Å². The van der Waals surface area contributed by atoms with Crippen LogP contribution < -0.4 is 0 Å². The summed E-state index contributed by atoms with van der Waals surface area (Å²) in [5.41, 5.74) is 0.781. The number of carbonyl (C=O) groups is 1. The van der Waals surface area contributed by atoms with E-state index in [-0.39, 0.29) is 17.8 Å². The van der Waals surface area contributed by atoms with Crippen LogP contribution >= 0.6 is 0 Å². The van der Waals surface area contributed by atoms with Crippen LogP contribution in [0.1, 0.15) is 34.7 Å².